The third-order valence-electron chi connectivity index (χ3n) is 4.03. The standard InChI is InChI=1S/C20H23F2NO/c1-5-13(2)12-24-19-11-17(23)10-18(14(19)3)15-6-8-16(9-7-15)20(4,21)22/h6-12H,5,23H2,1-4H3/b13-12+. The molecule has 0 aliphatic carbocycles. The minimum Gasteiger partial charge on any atom is -0.465 e. The van der Waals surface area contributed by atoms with E-state index in [0.29, 0.717) is 11.4 Å². The highest BCUT2D eigenvalue weighted by Crippen LogP contribution is 2.35. The highest BCUT2D eigenvalue weighted by atomic mass is 19.3. The van der Waals surface area contributed by atoms with Crippen LogP contribution in [0.2, 0.25) is 0 Å². The summed E-state index contributed by atoms with van der Waals surface area (Å²) in [5, 5.41) is 0. The molecule has 2 nitrogen and oxygen atoms in total. The van der Waals surface area contributed by atoms with Gasteiger partial charge in [-0.15, -0.1) is 0 Å². The summed E-state index contributed by atoms with van der Waals surface area (Å²) in [4.78, 5) is 0. The summed E-state index contributed by atoms with van der Waals surface area (Å²) < 4.78 is 32.5. The number of anilines is 1. The van der Waals surface area contributed by atoms with E-state index < -0.39 is 5.92 Å². The van der Waals surface area contributed by atoms with Crippen LogP contribution in [0, 0.1) is 6.92 Å². The molecule has 0 aliphatic heterocycles. The Balaban J connectivity index is 2.42. The largest absolute Gasteiger partial charge is 0.465 e. The number of hydrogen-bond donors (Lipinski definition) is 1. The molecule has 0 bridgehead atoms. The molecule has 0 amide bonds. The molecule has 2 aromatic rings. The smallest absolute Gasteiger partial charge is 0.270 e. The zero-order valence-corrected chi connectivity index (χ0v) is 14.5. The first kappa shape index (κ1) is 18.0. The van der Waals surface area contributed by atoms with Gasteiger partial charge in [0.1, 0.15) is 5.75 Å². The van der Waals surface area contributed by atoms with Gasteiger partial charge in [0.25, 0.3) is 5.92 Å². The Kier molecular flexibility index (Phi) is 5.27. The predicted molar refractivity (Wildman–Crippen MR) is 95.3 cm³/mol. The first-order chi connectivity index (χ1) is 11.2. The van der Waals surface area contributed by atoms with Crippen molar-refractivity contribution < 1.29 is 13.5 Å². The molecule has 0 saturated heterocycles. The van der Waals surface area contributed by atoms with E-state index in [1.54, 1.807) is 24.5 Å². The molecule has 4 heteroatoms. The molecule has 24 heavy (non-hydrogen) atoms. The number of nitrogen functional groups attached to an aromatic ring is 1. The van der Waals surface area contributed by atoms with Crippen LogP contribution < -0.4 is 10.5 Å². The van der Waals surface area contributed by atoms with Gasteiger partial charge in [0, 0.05) is 24.2 Å². The molecule has 128 valence electrons. The number of ether oxygens (including phenoxy) is 1. The fraction of sp³-hybridized carbons (Fsp3) is 0.300. The van der Waals surface area contributed by atoms with Crippen molar-refractivity contribution in [2.24, 2.45) is 0 Å². The van der Waals surface area contributed by atoms with E-state index in [4.69, 9.17) is 10.5 Å². The van der Waals surface area contributed by atoms with Gasteiger partial charge >= 0.3 is 0 Å². The second-order valence-electron chi connectivity index (χ2n) is 6.09. The van der Waals surface area contributed by atoms with Crippen LogP contribution in [0.15, 0.2) is 48.2 Å². The summed E-state index contributed by atoms with van der Waals surface area (Å²) in [6, 6.07) is 9.86. The number of hydrogen-bond acceptors (Lipinski definition) is 2. The Labute approximate surface area is 142 Å². The molecular formula is C20H23F2NO. The van der Waals surface area contributed by atoms with Crippen molar-refractivity contribution in [1.82, 2.24) is 0 Å². The minimum atomic E-state index is -2.85. The van der Waals surface area contributed by atoms with Gasteiger partial charge in [-0.1, -0.05) is 31.2 Å². The van der Waals surface area contributed by atoms with Gasteiger partial charge in [0.15, 0.2) is 0 Å². The summed E-state index contributed by atoms with van der Waals surface area (Å²) in [5.41, 5.74) is 10.3. The lowest BCUT2D eigenvalue weighted by molar-refractivity contribution is 0.0175. The highest BCUT2D eigenvalue weighted by Gasteiger charge is 2.23. The lowest BCUT2D eigenvalue weighted by Crippen LogP contribution is -2.06. The Hall–Kier alpha value is -2.36. The highest BCUT2D eigenvalue weighted by molar-refractivity contribution is 5.74. The molecule has 0 spiro atoms. The normalized spacial score (nSPS) is 12.3. The monoisotopic (exact) mass is 331 g/mol. The van der Waals surface area contributed by atoms with Crippen LogP contribution in [-0.2, 0) is 5.92 Å². The van der Waals surface area contributed by atoms with Crippen LogP contribution >= 0.6 is 0 Å². The molecule has 2 N–H and O–H groups in total. The summed E-state index contributed by atoms with van der Waals surface area (Å²) in [6.45, 7) is 6.87. The van der Waals surface area contributed by atoms with Gasteiger partial charge in [-0.2, -0.15) is 0 Å². The van der Waals surface area contributed by atoms with Crippen LogP contribution in [0.5, 0.6) is 5.75 Å². The Morgan fingerprint density at radius 2 is 1.83 bits per heavy atom. The first-order valence-corrected chi connectivity index (χ1v) is 7.93. The molecule has 0 atom stereocenters. The maximum Gasteiger partial charge on any atom is 0.270 e. The maximum absolute atomic E-state index is 13.4. The Morgan fingerprint density at radius 1 is 1.21 bits per heavy atom. The van der Waals surface area contributed by atoms with Gasteiger partial charge in [-0.05, 0) is 48.6 Å². The van der Waals surface area contributed by atoms with Crippen molar-refractivity contribution in [3.8, 4) is 16.9 Å². The molecule has 0 unspecified atom stereocenters. The lowest BCUT2D eigenvalue weighted by Gasteiger charge is -2.15. The van der Waals surface area contributed by atoms with Gasteiger partial charge in [-0.3, -0.25) is 0 Å². The van der Waals surface area contributed by atoms with Crippen molar-refractivity contribution >= 4 is 5.69 Å². The fourth-order valence-corrected chi connectivity index (χ4v) is 2.32. The molecule has 2 rings (SSSR count). The van der Waals surface area contributed by atoms with Crippen LogP contribution in [0.25, 0.3) is 11.1 Å². The topological polar surface area (TPSA) is 35.2 Å². The zero-order valence-electron chi connectivity index (χ0n) is 14.5. The number of rotatable bonds is 5. The average Bonchev–Trinajstić information content (AvgIpc) is 2.54. The second kappa shape index (κ2) is 7.04. The van der Waals surface area contributed by atoms with Crippen molar-refractivity contribution in [2.45, 2.75) is 40.0 Å². The molecule has 0 fully saturated rings. The van der Waals surface area contributed by atoms with Crippen LogP contribution in [0.1, 0.15) is 38.3 Å². The van der Waals surface area contributed by atoms with E-state index in [9.17, 15) is 8.78 Å². The molecular weight excluding hydrogens is 308 g/mol. The third kappa shape index (κ3) is 4.13. The van der Waals surface area contributed by atoms with Gasteiger partial charge in [0.2, 0.25) is 0 Å². The number of alkyl halides is 2. The van der Waals surface area contributed by atoms with E-state index in [2.05, 4.69) is 6.92 Å². The zero-order chi connectivity index (χ0) is 17.9. The first-order valence-electron chi connectivity index (χ1n) is 7.93. The number of allylic oxidation sites excluding steroid dienone is 1. The van der Waals surface area contributed by atoms with E-state index in [1.807, 2.05) is 19.9 Å². The van der Waals surface area contributed by atoms with Gasteiger partial charge in [0.05, 0.1) is 6.26 Å². The fourth-order valence-electron chi connectivity index (χ4n) is 2.32. The van der Waals surface area contributed by atoms with E-state index in [1.165, 1.54) is 12.1 Å². The van der Waals surface area contributed by atoms with Gasteiger partial charge in [-0.25, -0.2) is 8.78 Å². The summed E-state index contributed by atoms with van der Waals surface area (Å²) in [5.74, 6) is -2.18. The summed E-state index contributed by atoms with van der Waals surface area (Å²) >= 11 is 0. The van der Waals surface area contributed by atoms with E-state index >= 15 is 0 Å². The van der Waals surface area contributed by atoms with Crippen molar-refractivity contribution in [2.75, 3.05) is 5.73 Å². The quantitative estimate of drug-likeness (QED) is 0.535. The minimum absolute atomic E-state index is 0.00853. The van der Waals surface area contributed by atoms with Crippen LogP contribution in [-0.4, -0.2) is 0 Å². The average molecular weight is 331 g/mol. The van der Waals surface area contributed by atoms with E-state index in [-0.39, 0.29) is 5.56 Å². The maximum atomic E-state index is 13.4. The summed E-state index contributed by atoms with van der Waals surface area (Å²) in [7, 11) is 0. The number of benzene rings is 2. The Morgan fingerprint density at radius 3 is 2.38 bits per heavy atom. The molecule has 0 aliphatic rings. The van der Waals surface area contributed by atoms with Gasteiger partial charge < -0.3 is 10.5 Å². The molecule has 0 aromatic heterocycles. The SMILES string of the molecule is CC/C(C)=C/Oc1cc(N)cc(-c2ccc(C(C)(F)F)cc2)c1C. The number of nitrogens with two attached hydrogens (primary N) is 1. The van der Waals surface area contributed by atoms with Crippen molar-refractivity contribution in [3.63, 3.8) is 0 Å². The lowest BCUT2D eigenvalue weighted by atomic mass is 9.97. The van der Waals surface area contributed by atoms with Crippen LogP contribution in [0.3, 0.4) is 0 Å². The third-order valence-corrected chi connectivity index (χ3v) is 4.03. The molecule has 2 aromatic carbocycles. The predicted octanol–water partition coefficient (Wildman–Crippen LogP) is 6.05. The van der Waals surface area contributed by atoms with Crippen molar-refractivity contribution in [3.05, 3.63) is 59.4 Å². The van der Waals surface area contributed by atoms with Crippen LogP contribution in [0.4, 0.5) is 14.5 Å². The number of halogens is 2. The Bertz CT molecular complexity index is 743. The molecule has 0 saturated carbocycles. The molecule has 0 radical (unpaired) electrons. The van der Waals surface area contributed by atoms with E-state index in [0.717, 1.165) is 35.6 Å². The molecule has 0 heterocycles. The van der Waals surface area contributed by atoms with Crippen molar-refractivity contribution in [1.29, 1.82) is 0 Å². The summed E-state index contributed by atoms with van der Waals surface area (Å²) in [6.07, 6.45) is 2.62. The second-order valence-corrected chi connectivity index (χ2v) is 6.09.